The fourth-order valence-electron chi connectivity index (χ4n) is 10.9. The van der Waals surface area contributed by atoms with Crippen LogP contribution in [0.5, 0.6) is 0 Å². The van der Waals surface area contributed by atoms with Crippen LogP contribution in [0.25, 0.3) is 54.6 Å². The molecular weight excluding hydrogens is 817 g/mol. The van der Waals surface area contributed by atoms with Gasteiger partial charge in [0.05, 0.1) is 17.1 Å². The lowest BCUT2D eigenvalue weighted by Gasteiger charge is -2.33. The molecule has 4 heteroatoms. The van der Waals surface area contributed by atoms with Crippen molar-refractivity contribution < 1.29 is 4.42 Å². The van der Waals surface area contributed by atoms with Gasteiger partial charge in [-0.2, -0.15) is 0 Å². The van der Waals surface area contributed by atoms with E-state index in [1.54, 1.807) is 0 Å². The van der Waals surface area contributed by atoms with Crippen molar-refractivity contribution in [2.75, 3.05) is 9.80 Å². The van der Waals surface area contributed by atoms with Crippen molar-refractivity contribution in [2.45, 2.75) is 0 Å². The van der Waals surface area contributed by atoms with Crippen LogP contribution in [0, 0.1) is 0 Å². The van der Waals surface area contributed by atoms with Gasteiger partial charge >= 0.3 is 0 Å². The minimum atomic E-state index is -3.03. The Morgan fingerprint density at radius 3 is 1.47 bits per heavy atom. The molecule has 66 heavy (non-hydrogen) atoms. The highest BCUT2D eigenvalue weighted by molar-refractivity contribution is 7.22. The Labute approximate surface area is 384 Å². The van der Waals surface area contributed by atoms with Crippen molar-refractivity contribution in [3.8, 4) is 11.1 Å². The molecule has 0 bridgehead atoms. The number of hydrogen-bond acceptors (Lipinski definition) is 3. The Morgan fingerprint density at radius 2 is 0.803 bits per heavy atom. The van der Waals surface area contributed by atoms with Gasteiger partial charge in [-0.15, -0.1) is 0 Å². The number of anilines is 6. The molecule has 3 nitrogen and oxygen atoms in total. The van der Waals surface area contributed by atoms with Gasteiger partial charge in [0, 0.05) is 44.2 Å². The monoisotopic (exact) mass is 858 g/mol. The number of furan rings is 1. The van der Waals surface area contributed by atoms with E-state index < -0.39 is 8.07 Å². The molecule has 1 aromatic heterocycles. The molecule has 0 atom stereocenters. The Balaban J connectivity index is 1.13. The third kappa shape index (κ3) is 5.82. The van der Waals surface area contributed by atoms with Crippen LogP contribution in [0.1, 0.15) is 0 Å². The molecule has 0 unspecified atom stereocenters. The van der Waals surface area contributed by atoms with E-state index in [4.69, 9.17) is 4.42 Å². The van der Waals surface area contributed by atoms with Crippen LogP contribution in [-0.2, 0) is 0 Å². The summed E-state index contributed by atoms with van der Waals surface area (Å²) in [5, 5.41) is 12.5. The predicted octanol–water partition coefficient (Wildman–Crippen LogP) is 14.2. The van der Waals surface area contributed by atoms with Gasteiger partial charge in [0.15, 0.2) is 8.07 Å². The number of rotatable bonds is 8. The summed E-state index contributed by atoms with van der Waals surface area (Å²) in [6.07, 6.45) is 0. The first-order valence-electron chi connectivity index (χ1n) is 22.7. The second-order valence-corrected chi connectivity index (χ2v) is 20.9. The van der Waals surface area contributed by atoms with Crippen molar-refractivity contribution in [1.29, 1.82) is 0 Å². The third-order valence-electron chi connectivity index (χ3n) is 13.7. The molecule has 1 aliphatic heterocycles. The fraction of sp³-hybridized carbons (Fsp3) is 0. The zero-order valence-electron chi connectivity index (χ0n) is 36.1. The van der Waals surface area contributed by atoms with Crippen LogP contribution in [0.3, 0.4) is 0 Å². The summed E-state index contributed by atoms with van der Waals surface area (Å²) >= 11 is 0. The topological polar surface area (TPSA) is 19.6 Å². The molecule has 1 aliphatic rings. The van der Waals surface area contributed by atoms with E-state index in [0.29, 0.717) is 0 Å². The van der Waals surface area contributed by atoms with E-state index in [2.05, 4.69) is 259 Å². The van der Waals surface area contributed by atoms with Gasteiger partial charge in [-0.05, 0) is 104 Å². The summed E-state index contributed by atoms with van der Waals surface area (Å²) in [4.78, 5) is 4.96. The van der Waals surface area contributed by atoms with Gasteiger partial charge < -0.3 is 14.2 Å². The highest BCUT2D eigenvalue weighted by Crippen LogP contribution is 2.48. The van der Waals surface area contributed by atoms with E-state index in [-0.39, 0.29) is 0 Å². The molecule has 0 amide bonds. The molecule has 0 saturated heterocycles. The Bertz CT molecular complexity index is 3660. The number of fused-ring (bicyclic) bond motifs is 8. The van der Waals surface area contributed by atoms with Gasteiger partial charge in [0.2, 0.25) is 0 Å². The lowest BCUT2D eigenvalue weighted by molar-refractivity contribution is 0.669. The van der Waals surface area contributed by atoms with Crippen molar-refractivity contribution in [1.82, 2.24) is 0 Å². The second kappa shape index (κ2) is 15.4. The molecule has 310 valence electrons. The van der Waals surface area contributed by atoms with Crippen LogP contribution < -0.4 is 30.5 Å². The summed E-state index contributed by atoms with van der Waals surface area (Å²) < 4.78 is 6.34. The van der Waals surface area contributed by atoms with Gasteiger partial charge in [0.25, 0.3) is 0 Å². The summed E-state index contributed by atoms with van der Waals surface area (Å²) in [5.41, 5.74) is 11.0. The number of hydrogen-bond donors (Lipinski definition) is 0. The summed E-state index contributed by atoms with van der Waals surface area (Å²) in [6, 6.07) is 93.7. The molecule has 0 spiro atoms. The van der Waals surface area contributed by atoms with Crippen molar-refractivity contribution in [3.63, 3.8) is 0 Å². The number of nitrogens with zero attached hydrogens (tertiary/aromatic N) is 2. The zero-order chi connectivity index (χ0) is 43.6. The molecule has 0 N–H and O–H groups in total. The maximum Gasteiger partial charge on any atom is 0.181 e. The molecule has 12 aromatic rings. The second-order valence-electron chi connectivity index (χ2n) is 17.2. The minimum Gasteiger partial charge on any atom is -0.456 e. The number of para-hydroxylation sites is 2. The van der Waals surface area contributed by atoms with E-state index in [1.165, 1.54) is 53.4 Å². The highest BCUT2D eigenvalue weighted by atomic mass is 28.3. The molecule has 0 fully saturated rings. The van der Waals surface area contributed by atoms with E-state index in [9.17, 15) is 0 Å². The van der Waals surface area contributed by atoms with Crippen LogP contribution in [0.2, 0.25) is 0 Å². The van der Waals surface area contributed by atoms with Crippen LogP contribution >= 0.6 is 0 Å². The van der Waals surface area contributed by atoms with E-state index in [1.807, 2.05) is 6.07 Å². The molecule has 0 saturated carbocycles. The van der Waals surface area contributed by atoms with Crippen molar-refractivity contribution in [2.24, 2.45) is 0 Å². The smallest absolute Gasteiger partial charge is 0.181 e. The predicted molar refractivity (Wildman–Crippen MR) is 281 cm³/mol. The molecule has 0 radical (unpaired) electrons. The SMILES string of the molecule is c1ccc(N(c2ccc3c(c2)[Si](c2ccccc2)(c2ccccc2)c2cccc(N(c4cccc5ccccc45)c4cccc5ccccc45)c2-3)c2ccc3oc4ccccc4c3c2)cc1. The molecular formula is C62H42N2OSi. The summed E-state index contributed by atoms with van der Waals surface area (Å²) in [5.74, 6) is 0. The Morgan fingerprint density at radius 1 is 0.303 bits per heavy atom. The fourth-order valence-corrected chi connectivity index (χ4v) is 16.1. The third-order valence-corrected chi connectivity index (χ3v) is 18.5. The van der Waals surface area contributed by atoms with Crippen LogP contribution in [0.15, 0.2) is 259 Å². The Kier molecular flexibility index (Phi) is 8.86. The van der Waals surface area contributed by atoms with E-state index in [0.717, 1.165) is 56.1 Å². The molecule has 0 aliphatic carbocycles. The first-order valence-corrected chi connectivity index (χ1v) is 24.7. The van der Waals surface area contributed by atoms with Gasteiger partial charge in [-0.1, -0.05) is 188 Å². The standard InChI is InChI=1S/C62H42N2OSi/c1-4-23-45(24-5-1)63(46-38-40-59-54(41-46)52-31-14-15-35-58(52)65-59)47-37-39-53-61(42-47)66(48-25-6-2-7-26-48,49-27-8-3-9-28-49)60-36-18-34-57(62(53)60)64(55-32-16-21-43-19-10-12-29-50(43)55)56-33-17-22-44-20-11-13-30-51(44)56/h1-42H. The summed E-state index contributed by atoms with van der Waals surface area (Å²) in [7, 11) is -3.03. The average molecular weight is 859 g/mol. The lowest BCUT2D eigenvalue weighted by atomic mass is 9.99. The maximum atomic E-state index is 6.34. The van der Waals surface area contributed by atoms with Crippen molar-refractivity contribution >= 4 is 106 Å². The first-order chi connectivity index (χ1) is 32.8. The molecule has 2 heterocycles. The minimum absolute atomic E-state index is 0.881. The zero-order valence-corrected chi connectivity index (χ0v) is 37.1. The lowest BCUT2D eigenvalue weighted by Crippen LogP contribution is -2.72. The van der Waals surface area contributed by atoms with Gasteiger partial charge in [0.1, 0.15) is 11.2 Å². The van der Waals surface area contributed by atoms with Crippen LogP contribution in [0.4, 0.5) is 34.1 Å². The van der Waals surface area contributed by atoms with Gasteiger partial charge in [-0.3, -0.25) is 0 Å². The van der Waals surface area contributed by atoms with Gasteiger partial charge in [-0.25, -0.2) is 0 Å². The number of benzene rings is 11. The first kappa shape index (κ1) is 38.1. The highest BCUT2D eigenvalue weighted by Gasteiger charge is 2.50. The van der Waals surface area contributed by atoms with Crippen LogP contribution in [-0.4, -0.2) is 8.07 Å². The normalized spacial score (nSPS) is 12.7. The van der Waals surface area contributed by atoms with E-state index >= 15 is 0 Å². The summed E-state index contributed by atoms with van der Waals surface area (Å²) in [6.45, 7) is 0. The largest absolute Gasteiger partial charge is 0.456 e. The molecule has 11 aromatic carbocycles. The average Bonchev–Trinajstić information content (AvgIpc) is 3.91. The quantitative estimate of drug-likeness (QED) is 0.142. The Hall–Kier alpha value is -8.44. The molecule has 13 rings (SSSR count). The maximum absolute atomic E-state index is 6.34. The van der Waals surface area contributed by atoms with Crippen molar-refractivity contribution in [3.05, 3.63) is 255 Å².